The minimum atomic E-state index is -1.08. The summed E-state index contributed by atoms with van der Waals surface area (Å²) in [5, 5.41) is 12.2. The Morgan fingerprint density at radius 1 is 0.903 bits per heavy atom. The second-order valence-electron chi connectivity index (χ2n) is 7.16. The standard InChI is InChI=1S/C23H21FN4O3/c24-18-7-4-16(5-8-18)22(29)26-19-15-17(23(30)31)6-9-20(19)27-11-13-28(14-12-27)21-3-1-2-10-25-21/h1-10,15H,11-14H2,(H,26,29)(H,30,31). The number of carboxylic acid groups (broad SMARTS) is 1. The topological polar surface area (TPSA) is 85.8 Å². The molecule has 0 bridgehead atoms. The van der Waals surface area contributed by atoms with Crippen LogP contribution >= 0.6 is 0 Å². The minimum Gasteiger partial charge on any atom is -0.478 e. The van der Waals surface area contributed by atoms with Gasteiger partial charge in [0, 0.05) is 37.9 Å². The first-order valence-electron chi connectivity index (χ1n) is 9.86. The number of hydrogen-bond acceptors (Lipinski definition) is 5. The third kappa shape index (κ3) is 4.63. The zero-order chi connectivity index (χ0) is 21.8. The van der Waals surface area contributed by atoms with Crippen molar-refractivity contribution in [2.75, 3.05) is 41.3 Å². The summed E-state index contributed by atoms with van der Waals surface area (Å²) in [4.78, 5) is 32.8. The van der Waals surface area contributed by atoms with E-state index in [0.717, 1.165) is 24.6 Å². The van der Waals surface area contributed by atoms with Crippen LogP contribution in [0.4, 0.5) is 21.6 Å². The molecule has 2 aromatic carbocycles. The lowest BCUT2D eigenvalue weighted by molar-refractivity contribution is 0.0696. The highest BCUT2D eigenvalue weighted by molar-refractivity contribution is 6.06. The predicted molar refractivity (Wildman–Crippen MR) is 116 cm³/mol. The number of benzene rings is 2. The van der Waals surface area contributed by atoms with Crippen LogP contribution in [0, 0.1) is 5.82 Å². The number of amides is 1. The summed E-state index contributed by atoms with van der Waals surface area (Å²) >= 11 is 0. The number of nitrogens with one attached hydrogen (secondary N) is 1. The largest absolute Gasteiger partial charge is 0.478 e. The lowest BCUT2D eigenvalue weighted by Crippen LogP contribution is -2.47. The Labute approximate surface area is 178 Å². The van der Waals surface area contributed by atoms with Crippen molar-refractivity contribution in [1.29, 1.82) is 0 Å². The van der Waals surface area contributed by atoms with Gasteiger partial charge in [0.1, 0.15) is 11.6 Å². The molecule has 1 aliphatic rings. The third-order valence-corrected chi connectivity index (χ3v) is 5.19. The van der Waals surface area contributed by atoms with Gasteiger partial charge in [-0.25, -0.2) is 14.2 Å². The Morgan fingerprint density at radius 2 is 1.58 bits per heavy atom. The zero-order valence-electron chi connectivity index (χ0n) is 16.7. The van der Waals surface area contributed by atoms with E-state index in [2.05, 4.69) is 20.1 Å². The molecule has 2 N–H and O–H groups in total. The Kier molecular flexibility index (Phi) is 5.79. The lowest BCUT2D eigenvalue weighted by atomic mass is 10.1. The summed E-state index contributed by atoms with van der Waals surface area (Å²) in [5.41, 5.74) is 1.50. The van der Waals surface area contributed by atoms with Crippen molar-refractivity contribution in [2.24, 2.45) is 0 Å². The van der Waals surface area contributed by atoms with Crippen molar-refractivity contribution in [2.45, 2.75) is 0 Å². The quantitative estimate of drug-likeness (QED) is 0.657. The predicted octanol–water partition coefficient (Wildman–Crippen LogP) is 3.50. The molecule has 4 rings (SSSR count). The van der Waals surface area contributed by atoms with E-state index in [1.807, 2.05) is 18.2 Å². The van der Waals surface area contributed by atoms with Crippen LogP contribution in [0.3, 0.4) is 0 Å². The molecule has 2 heterocycles. The van der Waals surface area contributed by atoms with E-state index in [1.165, 1.54) is 36.4 Å². The molecule has 1 amide bonds. The number of rotatable bonds is 5. The first-order valence-corrected chi connectivity index (χ1v) is 9.86. The van der Waals surface area contributed by atoms with E-state index in [-0.39, 0.29) is 11.1 Å². The molecule has 0 saturated carbocycles. The summed E-state index contributed by atoms with van der Waals surface area (Å²) < 4.78 is 13.2. The average Bonchev–Trinajstić information content (AvgIpc) is 2.80. The van der Waals surface area contributed by atoms with Gasteiger partial charge in [0.05, 0.1) is 16.9 Å². The van der Waals surface area contributed by atoms with Gasteiger partial charge in [0.25, 0.3) is 5.91 Å². The summed E-state index contributed by atoms with van der Waals surface area (Å²) in [6.07, 6.45) is 1.76. The fraction of sp³-hybridized carbons (Fsp3) is 0.174. The van der Waals surface area contributed by atoms with Gasteiger partial charge < -0.3 is 20.2 Å². The first-order chi connectivity index (χ1) is 15.0. The first kappa shape index (κ1) is 20.3. The summed E-state index contributed by atoms with van der Waals surface area (Å²) in [5.74, 6) is -1.04. The van der Waals surface area contributed by atoms with Gasteiger partial charge >= 0.3 is 5.97 Å². The normalized spacial score (nSPS) is 13.7. The van der Waals surface area contributed by atoms with Gasteiger partial charge in [0.2, 0.25) is 0 Å². The number of halogens is 1. The van der Waals surface area contributed by atoms with Crippen molar-refractivity contribution in [3.63, 3.8) is 0 Å². The van der Waals surface area contributed by atoms with E-state index < -0.39 is 17.7 Å². The molecule has 0 unspecified atom stereocenters. The monoisotopic (exact) mass is 420 g/mol. The smallest absolute Gasteiger partial charge is 0.335 e. The summed E-state index contributed by atoms with van der Waals surface area (Å²) in [6, 6.07) is 15.7. The molecule has 0 spiro atoms. The van der Waals surface area contributed by atoms with E-state index in [4.69, 9.17) is 0 Å². The third-order valence-electron chi connectivity index (χ3n) is 5.19. The molecule has 31 heavy (non-hydrogen) atoms. The molecule has 1 aliphatic heterocycles. The van der Waals surface area contributed by atoms with Gasteiger partial charge in [-0.05, 0) is 54.6 Å². The molecule has 1 saturated heterocycles. The Hall–Kier alpha value is -3.94. The number of piperazine rings is 1. The average molecular weight is 420 g/mol. The van der Waals surface area contributed by atoms with E-state index in [1.54, 1.807) is 12.3 Å². The van der Waals surface area contributed by atoms with Crippen molar-refractivity contribution in [3.05, 3.63) is 83.8 Å². The molecule has 8 heteroatoms. The molecule has 3 aromatic rings. The maximum absolute atomic E-state index is 13.2. The number of carbonyl (C=O) groups excluding carboxylic acids is 1. The zero-order valence-corrected chi connectivity index (χ0v) is 16.7. The van der Waals surface area contributed by atoms with Crippen LogP contribution < -0.4 is 15.1 Å². The maximum Gasteiger partial charge on any atom is 0.335 e. The Balaban J connectivity index is 1.55. The SMILES string of the molecule is O=C(O)c1ccc(N2CCN(c3ccccn3)CC2)c(NC(=O)c2ccc(F)cc2)c1. The van der Waals surface area contributed by atoms with Crippen molar-refractivity contribution < 1.29 is 19.1 Å². The van der Waals surface area contributed by atoms with E-state index >= 15 is 0 Å². The second kappa shape index (κ2) is 8.83. The fourth-order valence-corrected chi connectivity index (χ4v) is 3.56. The second-order valence-corrected chi connectivity index (χ2v) is 7.16. The van der Waals surface area contributed by atoms with E-state index in [9.17, 15) is 19.1 Å². The van der Waals surface area contributed by atoms with Crippen LogP contribution in [0.1, 0.15) is 20.7 Å². The maximum atomic E-state index is 13.2. The highest BCUT2D eigenvalue weighted by Gasteiger charge is 2.22. The molecule has 158 valence electrons. The van der Waals surface area contributed by atoms with Crippen LogP contribution in [0.2, 0.25) is 0 Å². The number of aromatic nitrogens is 1. The number of carbonyl (C=O) groups is 2. The van der Waals surface area contributed by atoms with Gasteiger partial charge in [-0.1, -0.05) is 6.07 Å². The van der Waals surface area contributed by atoms with Gasteiger partial charge in [-0.15, -0.1) is 0 Å². The van der Waals surface area contributed by atoms with Crippen LogP contribution in [-0.2, 0) is 0 Å². The van der Waals surface area contributed by atoms with Gasteiger partial charge in [-0.2, -0.15) is 0 Å². The number of carboxylic acids is 1. The molecule has 0 aliphatic carbocycles. The Morgan fingerprint density at radius 3 is 2.23 bits per heavy atom. The lowest BCUT2D eigenvalue weighted by Gasteiger charge is -2.37. The van der Waals surface area contributed by atoms with Gasteiger partial charge in [-0.3, -0.25) is 4.79 Å². The van der Waals surface area contributed by atoms with E-state index in [0.29, 0.717) is 18.8 Å². The molecular weight excluding hydrogens is 399 g/mol. The van der Waals surface area contributed by atoms with Crippen molar-refractivity contribution in [3.8, 4) is 0 Å². The molecular formula is C23H21FN4O3. The number of nitrogens with zero attached hydrogens (tertiary/aromatic N) is 3. The highest BCUT2D eigenvalue weighted by Crippen LogP contribution is 2.29. The molecule has 0 atom stereocenters. The molecule has 1 aromatic heterocycles. The summed E-state index contributed by atoms with van der Waals surface area (Å²) in [7, 11) is 0. The number of anilines is 3. The molecule has 1 fully saturated rings. The Bertz CT molecular complexity index is 1080. The number of hydrogen-bond donors (Lipinski definition) is 2. The summed E-state index contributed by atoms with van der Waals surface area (Å²) in [6.45, 7) is 2.84. The van der Waals surface area contributed by atoms with Crippen LogP contribution in [0.15, 0.2) is 66.9 Å². The van der Waals surface area contributed by atoms with Crippen LogP contribution in [0.25, 0.3) is 0 Å². The fourth-order valence-electron chi connectivity index (χ4n) is 3.56. The van der Waals surface area contributed by atoms with Crippen LogP contribution in [-0.4, -0.2) is 48.1 Å². The molecule has 7 nitrogen and oxygen atoms in total. The number of aromatic carboxylic acids is 1. The molecule has 0 radical (unpaired) electrons. The van der Waals surface area contributed by atoms with Gasteiger partial charge in [0.15, 0.2) is 0 Å². The highest BCUT2D eigenvalue weighted by atomic mass is 19.1. The van der Waals surface area contributed by atoms with Crippen molar-refractivity contribution >= 4 is 29.1 Å². The minimum absolute atomic E-state index is 0.0743. The van der Waals surface area contributed by atoms with Crippen LogP contribution in [0.5, 0.6) is 0 Å². The van der Waals surface area contributed by atoms with Crippen molar-refractivity contribution in [1.82, 2.24) is 4.98 Å². The number of pyridine rings is 1.